The molecule has 0 bridgehead atoms. The summed E-state index contributed by atoms with van der Waals surface area (Å²) in [5, 5.41) is 8.79. The molecule has 0 radical (unpaired) electrons. The monoisotopic (exact) mass is 314 g/mol. The third-order valence-electron chi connectivity index (χ3n) is 4.96. The summed E-state index contributed by atoms with van der Waals surface area (Å²) < 4.78 is 5.45. The molecule has 0 saturated heterocycles. The first-order valence-corrected chi connectivity index (χ1v) is 9.47. The molecule has 2 atom stereocenters. The summed E-state index contributed by atoms with van der Waals surface area (Å²) >= 11 is 0. The zero-order valence-corrected chi connectivity index (χ0v) is 16.2. The van der Waals surface area contributed by atoms with Gasteiger partial charge in [-0.3, -0.25) is 0 Å². The Bertz CT molecular complexity index is 262. The molecule has 2 nitrogen and oxygen atoms in total. The van der Waals surface area contributed by atoms with Crippen molar-refractivity contribution in [2.24, 2.45) is 16.7 Å². The zero-order valence-electron chi connectivity index (χ0n) is 16.2. The first-order chi connectivity index (χ1) is 10.3. The fourth-order valence-corrected chi connectivity index (χ4v) is 3.91. The highest BCUT2D eigenvalue weighted by Crippen LogP contribution is 2.44. The minimum atomic E-state index is 0.133. The molecule has 2 unspecified atom stereocenters. The van der Waals surface area contributed by atoms with Crippen molar-refractivity contribution in [1.82, 2.24) is 0 Å². The van der Waals surface area contributed by atoms with Crippen molar-refractivity contribution in [3.63, 3.8) is 0 Å². The second-order valence-corrected chi connectivity index (χ2v) is 8.41. The number of aliphatic hydroxyl groups is 1. The van der Waals surface area contributed by atoms with Crippen LogP contribution in [0.5, 0.6) is 0 Å². The van der Waals surface area contributed by atoms with Gasteiger partial charge in [0.05, 0.1) is 13.2 Å². The van der Waals surface area contributed by atoms with Crippen LogP contribution >= 0.6 is 0 Å². The lowest BCUT2D eigenvalue weighted by atomic mass is 9.66. The molecule has 0 spiro atoms. The van der Waals surface area contributed by atoms with E-state index in [1.807, 2.05) is 0 Å². The summed E-state index contributed by atoms with van der Waals surface area (Å²) in [5.41, 5.74) is 0.847. The van der Waals surface area contributed by atoms with Crippen LogP contribution in [0.1, 0.15) is 92.9 Å². The smallest absolute Gasteiger partial charge is 0.0697 e. The summed E-state index contributed by atoms with van der Waals surface area (Å²) in [4.78, 5) is 0. The van der Waals surface area contributed by atoms with E-state index in [9.17, 15) is 0 Å². The van der Waals surface area contributed by atoms with Crippen LogP contribution in [0.2, 0.25) is 0 Å². The van der Waals surface area contributed by atoms with Crippen LogP contribution in [0.15, 0.2) is 0 Å². The first kappa shape index (κ1) is 21.9. The molecule has 1 N–H and O–H groups in total. The summed E-state index contributed by atoms with van der Waals surface area (Å²) in [5.74, 6) is 0.797. The minimum absolute atomic E-state index is 0.133. The molecule has 0 aromatic heterocycles. The van der Waals surface area contributed by atoms with Gasteiger partial charge < -0.3 is 9.84 Å². The number of unbranched alkanes of at least 4 members (excludes halogenated alkanes) is 1. The molecule has 0 fully saturated rings. The van der Waals surface area contributed by atoms with E-state index >= 15 is 0 Å². The molecule has 0 heterocycles. The fraction of sp³-hybridized carbons (Fsp3) is 1.00. The van der Waals surface area contributed by atoms with Gasteiger partial charge >= 0.3 is 0 Å². The summed E-state index contributed by atoms with van der Waals surface area (Å²) in [7, 11) is 0. The number of hydrogen-bond acceptors (Lipinski definition) is 2. The largest absolute Gasteiger partial charge is 0.394 e. The molecule has 134 valence electrons. The average molecular weight is 315 g/mol. The van der Waals surface area contributed by atoms with Crippen LogP contribution in [-0.2, 0) is 4.74 Å². The summed E-state index contributed by atoms with van der Waals surface area (Å²) in [6, 6.07) is 0. The van der Waals surface area contributed by atoms with Gasteiger partial charge in [0.1, 0.15) is 0 Å². The predicted octanol–water partition coefficient (Wildman–Crippen LogP) is 5.82. The zero-order chi connectivity index (χ0) is 17.1. The topological polar surface area (TPSA) is 29.5 Å². The fourth-order valence-electron chi connectivity index (χ4n) is 3.91. The molecule has 0 rings (SSSR count). The molecule has 0 aromatic rings. The molecule has 2 heteroatoms. The Labute approximate surface area is 140 Å². The molecule has 22 heavy (non-hydrogen) atoms. The Morgan fingerprint density at radius 1 is 1.00 bits per heavy atom. The van der Waals surface area contributed by atoms with Crippen LogP contribution in [0.25, 0.3) is 0 Å². The maximum absolute atomic E-state index is 8.79. The Morgan fingerprint density at radius 3 is 2.23 bits per heavy atom. The van der Waals surface area contributed by atoms with Crippen molar-refractivity contribution in [3.8, 4) is 0 Å². The normalized spacial score (nSPS) is 16.5. The molecule has 0 aromatic carbocycles. The van der Waals surface area contributed by atoms with Crippen molar-refractivity contribution < 1.29 is 9.84 Å². The van der Waals surface area contributed by atoms with Gasteiger partial charge in [-0.2, -0.15) is 0 Å². The van der Waals surface area contributed by atoms with Gasteiger partial charge in [-0.25, -0.2) is 0 Å². The van der Waals surface area contributed by atoms with Gasteiger partial charge in [-0.1, -0.05) is 60.8 Å². The Morgan fingerprint density at radius 2 is 1.68 bits per heavy atom. The second-order valence-electron chi connectivity index (χ2n) is 8.41. The highest BCUT2D eigenvalue weighted by atomic mass is 16.5. The van der Waals surface area contributed by atoms with E-state index in [0.29, 0.717) is 17.4 Å². The molecule has 0 aliphatic heterocycles. The van der Waals surface area contributed by atoms with Crippen LogP contribution in [0.4, 0.5) is 0 Å². The highest BCUT2D eigenvalue weighted by Gasteiger charge is 2.32. The van der Waals surface area contributed by atoms with Gasteiger partial charge in [-0.05, 0) is 48.9 Å². The van der Waals surface area contributed by atoms with Crippen molar-refractivity contribution in [2.75, 3.05) is 19.8 Å². The lowest BCUT2D eigenvalue weighted by Gasteiger charge is -2.39. The Hall–Kier alpha value is -0.0800. The quantitative estimate of drug-likeness (QED) is 0.409. The van der Waals surface area contributed by atoms with Gasteiger partial charge in [0.25, 0.3) is 0 Å². The standard InChI is InChI=1S/C20H42O2/c1-7-9-11-19(4,5)17-20(6,16-18(3)8-2)12-10-14-22-15-13-21/h18,21H,7-17H2,1-6H3. The average Bonchev–Trinajstić information content (AvgIpc) is 2.44. The van der Waals surface area contributed by atoms with Crippen LogP contribution in [0.3, 0.4) is 0 Å². The molecular weight excluding hydrogens is 272 g/mol. The maximum Gasteiger partial charge on any atom is 0.0697 e. The van der Waals surface area contributed by atoms with Gasteiger partial charge in [0.15, 0.2) is 0 Å². The molecule has 0 amide bonds. The van der Waals surface area contributed by atoms with Crippen LogP contribution in [-0.4, -0.2) is 24.9 Å². The summed E-state index contributed by atoms with van der Waals surface area (Å²) in [6.07, 6.45) is 10.2. The molecular formula is C20H42O2. The number of hydrogen-bond donors (Lipinski definition) is 1. The number of aliphatic hydroxyl groups excluding tert-OH is 1. The number of ether oxygens (including phenoxy) is 1. The van der Waals surface area contributed by atoms with Crippen LogP contribution < -0.4 is 0 Å². The van der Waals surface area contributed by atoms with Crippen molar-refractivity contribution in [2.45, 2.75) is 92.9 Å². The van der Waals surface area contributed by atoms with Gasteiger partial charge in [-0.15, -0.1) is 0 Å². The lowest BCUT2D eigenvalue weighted by Crippen LogP contribution is -2.28. The minimum Gasteiger partial charge on any atom is -0.394 e. The van der Waals surface area contributed by atoms with Crippen LogP contribution in [0, 0.1) is 16.7 Å². The van der Waals surface area contributed by atoms with Gasteiger partial charge in [0, 0.05) is 6.61 Å². The van der Waals surface area contributed by atoms with Crippen molar-refractivity contribution in [1.29, 1.82) is 0 Å². The van der Waals surface area contributed by atoms with E-state index < -0.39 is 0 Å². The second kappa shape index (κ2) is 11.5. The Kier molecular flexibility index (Phi) is 11.4. The van der Waals surface area contributed by atoms with E-state index in [0.717, 1.165) is 18.9 Å². The van der Waals surface area contributed by atoms with Crippen molar-refractivity contribution in [3.05, 3.63) is 0 Å². The van der Waals surface area contributed by atoms with E-state index in [-0.39, 0.29) is 6.61 Å². The predicted molar refractivity (Wildman–Crippen MR) is 97.2 cm³/mol. The van der Waals surface area contributed by atoms with E-state index in [2.05, 4.69) is 41.5 Å². The van der Waals surface area contributed by atoms with E-state index in [4.69, 9.17) is 9.84 Å². The van der Waals surface area contributed by atoms with E-state index in [1.165, 1.54) is 44.9 Å². The molecule has 0 aliphatic carbocycles. The third kappa shape index (κ3) is 10.6. The van der Waals surface area contributed by atoms with Crippen molar-refractivity contribution >= 4 is 0 Å². The van der Waals surface area contributed by atoms with Gasteiger partial charge in [0.2, 0.25) is 0 Å². The Balaban J connectivity index is 4.56. The SMILES string of the molecule is CCCCC(C)(C)CC(C)(CCCOCCO)CC(C)CC. The first-order valence-electron chi connectivity index (χ1n) is 9.47. The third-order valence-corrected chi connectivity index (χ3v) is 4.96. The summed E-state index contributed by atoms with van der Waals surface area (Å²) in [6.45, 7) is 15.7. The van der Waals surface area contributed by atoms with E-state index in [1.54, 1.807) is 0 Å². The maximum atomic E-state index is 8.79. The molecule has 0 aliphatic rings. The molecule has 0 saturated carbocycles. The lowest BCUT2D eigenvalue weighted by molar-refractivity contribution is 0.0694. The highest BCUT2D eigenvalue weighted by molar-refractivity contribution is 4.84. The number of rotatable bonds is 14.